The Morgan fingerprint density at radius 1 is 1.24 bits per heavy atom. The molecule has 2 aromatic heterocycles. The van der Waals surface area contributed by atoms with Gasteiger partial charge in [0.2, 0.25) is 5.91 Å². The van der Waals surface area contributed by atoms with Gasteiger partial charge in [0, 0.05) is 30.1 Å². The number of anilines is 1. The monoisotopic (exact) mass is 478 g/mol. The van der Waals surface area contributed by atoms with Crippen LogP contribution in [0.3, 0.4) is 0 Å². The molecule has 1 amide bonds. The van der Waals surface area contributed by atoms with Crippen molar-refractivity contribution in [3.05, 3.63) is 53.4 Å². The van der Waals surface area contributed by atoms with E-state index in [1.807, 2.05) is 24.3 Å². The van der Waals surface area contributed by atoms with Crippen LogP contribution in [0.15, 0.2) is 47.8 Å². The molecule has 0 radical (unpaired) electrons. The number of hydrogen-bond donors (Lipinski definition) is 2. The summed E-state index contributed by atoms with van der Waals surface area (Å²) in [6.07, 6.45) is 1.76. The number of thiophene rings is 1. The Balaban J connectivity index is 1.64. The second kappa shape index (κ2) is 11.0. The summed E-state index contributed by atoms with van der Waals surface area (Å²) in [5, 5.41) is 15.7. The zero-order chi connectivity index (χ0) is 24.1. The number of hydrogen-bond acceptors (Lipinski definition) is 6. The van der Waals surface area contributed by atoms with E-state index >= 15 is 0 Å². The third-order valence-corrected chi connectivity index (χ3v) is 7.65. The highest BCUT2D eigenvalue weighted by Crippen LogP contribution is 2.37. The summed E-state index contributed by atoms with van der Waals surface area (Å²) in [5.74, 6) is 1.05. The van der Waals surface area contributed by atoms with Gasteiger partial charge in [-0.1, -0.05) is 26.0 Å². The normalized spacial score (nSPS) is 15.8. The Bertz CT molecular complexity index is 1130. The lowest BCUT2D eigenvalue weighted by Gasteiger charge is -2.26. The highest BCUT2D eigenvalue weighted by molar-refractivity contribution is 7.13. The van der Waals surface area contributed by atoms with E-state index in [-0.39, 0.29) is 17.7 Å². The predicted octanol–water partition coefficient (Wildman–Crippen LogP) is 4.92. The Hall–Kier alpha value is -2.90. The highest BCUT2D eigenvalue weighted by atomic mass is 32.1. The van der Waals surface area contributed by atoms with Crippen molar-refractivity contribution < 1.29 is 9.90 Å². The first-order chi connectivity index (χ1) is 16.5. The van der Waals surface area contributed by atoms with Crippen LogP contribution in [0.25, 0.3) is 21.7 Å². The maximum absolute atomic E-state index is 13.1. The van der Waals surface area contributed by atoms with Crippen molar-refractivity contribution >= 4 is 23.1 Å². The molecule has 0 bridgehead atoms. The average Bonchev–Trinajstić information content (AvgIpc) is 3.51. The van der Waals surface area contributed by atoms with Gasteiger partial charge in [0.1, 0.15) is 17.6 Å². The number of para-hydroxylation sites is 1. The topological polar surface area (TPSA) is 68.7 Å². The number of aryl methyl sites for hydroxylation is 1. The SMILES string of the molecule is CCN(CC)CCNC(=O)[C@@H]1CCCN1c1cc(-c2sccc2C)cc(-c2ccccc2O)n1. The number of pyridine rings is 1. The van der Waals surface area contributed by atoms with Crippen LogP contribution in [-0.2, 0) is 4.79 Å². The largest absolute Gasteiger partial charge is 0.507 e. The van der Waals surface area contributed by atoms with Crippen molar-refractivity contribution in [3.8, 4) is 27.4 Å². The fourth-order valence-corrected chi connectivity index (χ4v) is 5.52. The second-order valence-corrected chi connectivity index (χ2v) is 9.63. The molecule has 1 atom stereocenters. The minimum Gasteiger partial charge on any atom is -0.507 e. The molecule has 180 valence electrons. The van der Waals surface area contributed by atoms with Crippen LogP contribution in [0.5, 0.6) is 5.75 Å². The van der Waals surface area contributed by atoms with Gasteiger partial charge < -0.3 is 20.2 Å². The molecule has 1 saturated heterocycles. The molecular formula is C27H34N4O2S. The predicted molar refractivity (Wildman–Crippen MR) is 141 cm³/mol. The van der Waals surface area contributed by atoms with E-state index in [0.717, 1.165) is 50.4 Å². The Morgan fingerprint density at radius 3 is 2.74 bits per heavy atom. The summed E-state index contributed by atoms with van der Waals surface area (Å²) in [5.41, 5.74) is 3.67. The Labute approximate surface area is 206 Å². The maximum Gasteiger partial charge on any atom is 0.242 e. The maximum atomic E-state index is 13.1. The molecule has 6 nitrogen and oxygen atoms in total. The van der Waals surface area contributed by atoms with E-state index in [1.165, 1.54) is 10.4 Å². The molecule has 1 fully saturated rings. The zero-order valence-electron chi connectivity index (χ0n) is 20.3. The van der Waals surface area contributed by atoms with Gasteiger partial charge in [-0.15, -0.1) is 11.3 Å². The Morgan fingerprint density at radius 2 is 2.03 bits per heavy atom. The van der Waals surface area contributed by atoms with Crippen LogP contribution in [0.4, 0.5) is 5.82 Å². The fraction of sp³-hybridized carbons (Fsp3) is 0.407. The van der Waals surface area contributed by atoms with E-state index < -0.39 is 0 Å². The summed E-state index contributed by atoms with van der Waals surface area (Å²) in [4.78, 5) is 23.7. The lowest BCUT2D eigenvalue weighted by atomic mass is 10.1. The summed E-state index contributed by atoms with van der Waals surface area (Å²) in [7, 11) is 0. The van der Waals surface area contributed by atoms with E-state index in [4.69, 9.17) is 4.98 Å². The van der Waals surface area contributed by atoms with E-state index in [2.05, 4.69) is 53.4 Å². The first-order valence-electron chi connectivity index (χ1n) is 12.1. The molecule has 2 N–H and O–H groups in total. The lowest BCUT2D eigenvalue weighted by Crippen LogP contribution is -2.45. The first-order valence-corrected chi connectivity index (χ1v) is 13.0. The van der Waals surface area contributed by atoms with Crippen molar-refractivity contribution in [2.45, 2.75) is 39.7 Å². The zero-order valence-corrected chi connectivity index (χ0v) is 21.1. The highest BCUT2D eigenvalue weighted by Gasteiger charge is 2.32. The summed E-state index contributed by atoms with van der Waals surface area (Å²) in [6.45, 7) is 10.6. The molecule has 34 heavy (non-hydrogen) atoms. The standard InChI is InChI=1S/C27H34N4O2S/c1-4-30(5-2)15-13-28-27(33)23-10-8-14-31(23)25-18-20(26-19(3)12-16-34-26)17-22(29-25)21-9-6-7-11-24(21)32/h6-7,9,11-12,16-18,23,32H,4-5,8,10,13-15H2,1-3H3,(H,28,33)/t23-/m0/s1. The smallest absolute Gasteiger partial charge is 0.242 e. The van der Waals surface area contributed by atoms with Crippen molar-refractivity contribution in [2.75, 3.05) is 37.6 Å². The number of rotatable bonds is 9. The van der Waals surface area contributed by atoms with Crippen LogP contribution < -0.4 is 10.2 Å². The third-order valence-electron chi connectivity index (χ3n) is 6.59. The van der Waals surface area contributed by atoms with Crippen LogP contribution in [0, 0.1) is 6.92 Å². The van der Waals surface area contributed by atoms with E-state index in [9.17, 15) is 9.90 Å². The van der Waals surface area contributed by atoms with Crippen LogP contribution in [0.1, 0.15) is 32.3 Å². The number of phenols is 1. The Kier molecular flexibility index (Phi) is 7.85. The van der Waals surface area contributed by atoms with Crippen molar-refractivity contribution in [2.24, 2.45) is 0 Å². The molecule has 0 saturated carbocycles. The van der Waals surface area contributed by atoms with Gasteiger partial charge in [-0.2, -0.15) is 0 Å². The van der Waals surface area contributed by atoms with Gasteiger partial charge in [-0.05, 0) is 79.7 Å². The molecule has 0 unspecified atom stereocenters. The molecule has 3 aromatic rings. The molecule has 3 heterocycles. The number of aromatic nitrogens is 1. The number of aromatic hydroxyl groups is 1. The molecule has 7 heteroatoms. The number of nitrogens with zero attached hydrogens (tertiary/aromatic N) is 3. The van der Waals surface area contributed by atoms with Crippen molar-refractivity contribution in [1.29, 1.82) is 0 Å². The number of carbonyl (C=O) groups excluding carboxylic acids is 1. The summed E-state index contributed by atoms with van der Waals surface area (Å²) < 4.78 is 0. The van der Waals surface area contributed by atoms with Gasteiger partial charge in [0.05, 0.1) is 5.69 Å². The molecule has 4 rings (SSSR count). The van der Waals surface area contributed by atoms with Crippen molar-refractivity contribution in [3.63, 3.8) is 0 Å². The van der Waals surface area contributed by atoms with Gasteiger partial charge in [-0.3, -0.25) is 4.79 Å². The number of nitrogens with one attached hydrogen (secondary N) is 1. The van der Waals surface area contributed by atoms with Gasteiger partial charge in [-0.25, -0.2) is 4.98 Å². The third kappa shape index (κ3) is 5.26. The fourth-order valence-electron chi connectivity index (χ4n) is 4.60. The minimum atomic E-state index is -0.235. The van der Waals surface area contributed by atoms with E-state index in [1.54, 1.807) is 17.4 Å². The average molecular weight is 479 g/mol. The second-order valence-electron chi connectivity index (χ2n) is 8.72. The molecular weight excluding hydrogens is 444 g/mol. The number of carbonyl (C=O) groups is 1. The number of likely N-dealkylation sites (N-methyl/N-ethyl adjacent to an activating group) is 1. The van der Waals surface area contributed by atoms with Gasteiger partial charge in [0.25, 0.3) is 0 Å². The number of benzene rings is 1. The first kappa shape index (κ1) is 24.2. The molecule has 1 aliphatic rings. The van der Waals surface area contributed by atoms with Crippen molar-refractivity contribution in [1.82, 2.24) is 15.2 Å². The van der Waals surface area contributed by atoms with Crippen LogP contribution >= 0.6 is 11.3 Å². The summed E-state index contributed by atoms with van der Waals surface area (Å²) in [6, 6.07) is 13.3. The molecule has 1 aromatic carbocycles. The molecule has 0 aliphatic carbocycles. The van der Waals surface area contributed by atoms with Crippen LogP contribution in [-0.4, -0.2) is 59.7 Å². The quantitative estimate of drug-likeness (QED) is 0.457. The van der Waals surface area contributed by atoms with E-state index in [0.29, 0.717) is 17.8 Å². The van der Waals surface area contributed by atoms with Gasteiger partial charge >= 0.3 is 0 Å². The van der Waals surface area contributed by atoms with Gasteiger partial charge in [0.15, 0.2) is 0 Å². The number of amides is 1. The number of phenolic OH excluding ortho intramolecular Hbond substituents is 1. The van der Waals surface area contributed by atoms with Crippen LogP contribution in [0.2, 0.25) is 0 Å². The lowest BCUT2D eigenvalue weighted by molar-refractivity contribution is -0.122. The minimum absolute atomic E-state index is 0.0632. The summed E-state index contributed by atoms with van der Waals surface area (Å²) >= 11 is 1.69. The molecule has 1 aliphatic heterocycles. The molecule has 0 spiro atoms.